The molecular weight excluding hydrogens is 316 g/mol. The molecule has 3 rings (SSSR count). The summed E-state index contributed by atoms with van der Waals surface area (Å²) in [5.41, 5.74) is 0.748. The molecule has 0 bridgehead atoms. The summed E-state index contributed by atoms with van der Waals surface area (Å²) in [5, 5.41) is 8.33. The predicted octanol–water partition coefficient (Wildman–Crippen LogP) is 2.01. The van der Waals surface area contributed by atoms with Gasteiger partial charge in [-0.2, -0.15) is 5.10 Å². The fraction of sp³-hybridized carbons (Fsp3) is 0.667. The average Bonchev–Trinajstić information content (AvgIpc) is 2.93. The number of piperidine rings is 1. The molecule has 0 aliphatic carbocycles. The molecule has 1 aliphatic heterocycles. The van der Waals surface area contributed by atoms with Crippen molar-refractivity contribution in [2.24, 2.45) is 13.0 Å². The molecule has 3 heterocycles. The Balaban J connectivity index is 1.95. The van der Waals surface area contributed by atoms with E-state index in [-0.39, 0.29) is 11.3 Å². The molecule has 1 atom stereocenters. The Kier molecular flexibility index (Phi) is 4.67. The van der Waals surface area contributed by atoms with Gasteiger partial charge in [0.15, 0.2) is 5.65 Å². The van der Waals surface area contributed by atoms with Crippen LogP contribution in [0.5, 0.6) is 0 Å². The molecule has 2 aromatic heterocycles. The SMILES string of the molecule is CC(=O)NC[C@@H]1CCCN(c2nc(C(C)(C)C)nc3c2cnn3C)C1. The Morgan fingerprint density at radius 2 is 2.12 bits per heavy atom. The van der Waals surface area contributed by atoms with E-state index < -0.39 is 0 Å². The fourth-order valence-electron chi connectivity index (χ4n) is 3.30. The smallest absolute Gasteiger partial charge is 0.216 e. The number of fused-ring (bicyclic) bond motifs is 1. The highest BCUT2D eigenvalue weighted by molar-refractivity contribution is 5.87. The number of hydrogen-bond donors (Lipinski definition) is 1. The summed E-state index contributed by atoms with van der Waals surface area (Å²) >= 11 is 0. The van der Waals surface area contributed by atoms with Gasteiger partial charge in [-0.25, -0.2) is 9.97 Å². The van der Waals surface area contributed by atoms with Gasteiger partial charge in [-0.1, -0.05) is 20.8 Å². The zero-order valence-electron chi connectivity index (χ0n) is 15.8. The van der Waals surface area contributed by atoms with Crippen LogP contribution in [0.15, 0.2) is 6.20 Å². The Hall–Kier alpha value is -2.18. The lowest BCUT2D eigenvalue weighted by molar-refractivity contribution is -0.119. The van der Waals surface area contributed by atoms with E-state index in [2.05, 4.69) is 36.1 Å². The first kappa shape index (κ1) is 17.6. The monoisotopic (exact) mass is 344 g/mol. The highest BCUT2D eigenvalue weighted by Crippen LogP contribution is 2.30. The first-order chi connectivity index (χ1) is 11.8. The quantitative estimate of drug-likeness (QED) is 0.922. The van der Waals surface area contributed by atoms with Crippen molar-refractivity contribution in [3.63, 3.8) is 0 Å². The number of nitrogens with one attached hydrogen (secondary N) is 1. The molecule has 1 saturated heterocycles. The highest BCUT2D eigenvalue weighted by atomic mass is 16.1. The summed E-state index contributed by atoms with van der Waals surface area (Å²) in [6.07, 6.45) is 4.08. The molecule has 1 aliphatic rings. The van der Waals surface area contributed by atoms with Crippen molar-refractivity contribution in [1.29, 1.82) is 0 Å². The van der Waals surface area contributed by atoms with Crippen LogP contribution in [-0.2, 0) is 17.3 Å². The van der Waals surface area contributed by atoms with Crippen LogP contribution in [0.4, 0.5) is 5.82 Å². The summed E-state index contributed by atoms with van der Waals surface area (Å²) < 4.78 is 1.81. The lowest BCUT2D eigenvalue weighted by Gasteiger charge is -2.34. The maximum absolute atomic E-state index is 11.2. The van der Waals surface area contributed by atoms with Gasteiger partial charge in [0.2, 0.25) is 5.91 Å². The fourth-order valence-corrected chi connectivity index (χ4v) is 3.30. The number of aromatic nitrogens is 4. The minimum Gasteiger partial charge on any atom is -0.356 e. The molecule has 1 fully saturated rings. The molecule has 0 spiro atoms. The molecule has 0 unspecified atom stereocenters. The molecule has 2 aromatic rings. The molecule has 136 valence electrons. The van der Waals surface area contributed by atoms with E-state index in [1.807, 2.05) is 17.9 Å². The van der Waals surface area contributed by atoms with E-state index in [1.165, 1.54) is 0 Å². The minimum absolute atomic E-state index is 0.0313. The van der Waals surface area contributed by atoms with Crippen LogP contribution in [0.25, 0.3) is 11.0 Å². The Labute approximate surface area is 148 Å². The number of rotatable bonds is 3. The van der Waals surface area contributed by atoms with Crippen LogP contribution < -0.4 is 10.2 Å². The van der Waals surface area contributed by atoms with Gasteiger partial charge in [-0.3, -0.25) is 9.48 Å². The van der Waals surface area contributed by atoms with Crippen molar-refractivity contribution in [3.8, 4) is 0 Å². The minimum atomic E-state index is -0.126. The second-order valence-corrected chi connectivity index (χ2v) is 8.02. The Morgan fingerprint density at radius 1 is 1.36 bits per heavy atom. The summed E-state index contributed by atoms with van der Waals surface area (Å²) in [7, 11) is 1.92. The molecule has 7 nitrogen and oxygen atoms in total. The highest BCUT2D eigenvalue weighted by Gasteiger charge is 2.27. The van der Waals surface area contributed by atoms with E-state index in [1.54, 1.807) is 6.92 Å². The largest absolute Gasteiger partial charge is 0.356 e. The number of aryl methyl sites for hydroxylation is 1. The number of carbonyl (C=O) groups is 1. The maximum Gasteiger partial charge on any atom is 0.216 e. The Morgan fingerprint density at radius 3 is 2.80 bits per heavy atom. The van der Waals surface area contributed by atoms with E-state index in [0.29, 0.717) is 5.92 Å². The Bertz CT molecular complexity index is 776. The van der Waals surface area contributed by atoms with Crippen molar-refractivity contribution >= 4 is 22.8 Å². The average molecular weight is 344 g/mol. The predicted molar refractivity (Wildman–Crippen MR) is 98.6 cm³/mol. The van der Waals surface area contributed by atoms with Crippen molar-refractivity contribution in [1.82, 2.24) is 25.1 Å². The van der Waals surface area contributed by atoms with Crippen LogP contribution in [0.2, 0.25) is 0 Å². The van der Waals surface area contributed by atoms with Crippen molar-refractivity contribution in [3.05, 3.63) is 12.0 Å². The summed E-state index contributed by atoms with van der Waals surface area (Å²) in [4.78, 5) is 23.2. The van der Waals surface area contributed by atoms with Gasteiger partial charge in [0.05, 0.1) is 11.6 Å². The van der Waals surface area contributed by atoms with Gasteiger partial charge in [0.1, 0.15) is 11.6 Å². The maximum atomic E-state index is 11.2. The third-order valence-corrected chi connectivity index (χ3v) is 4.70. The van der Waals surface area contributed by atoms with Gasteiger partial charge in [-0.05, 0) is 18.8 Å². The number of carbonyl (C=O) groups excluding carboxylic acids is 1. The zero-order valence-corrected chi connectivity index (χ0v) is 15.8. The summed E-state index contributed by atoms with van der Waals surface area (Å²) in [5.74, 6) is 2.28. The van der Waals surface area contributed by atoms with E-state index in [9.17, 15) is 4.79 Å². The first-order valence-electron chi connectivity index (χ1n) is 8.95. The normalized spacial score (nSPS) is 18.6. The topological polar surface area (TPSA) is 75.9 Å². The molecular formula is C18H28N6O. The molecule has 1 N–H and O–H groups in total. The summed E-state index contributed by atoms with van der Waals surface area (Å²) in [6.45, 7) is 10.5. The molecule has 0 radical (unpaired) electrons. The van der Waals surface area contributed by atoms with Crippen LogP contribution >= 0.6 is 0 Å². The van der Waals surface area contributed by atoms with Crippen molar-refractivity contribution in [2.75, 3.05) is 24.5 Å². The molecule has 0 aromatic carbocycles. The lowest BCUT2D eigenvalue weighted by atomic mass is 9.95. The number of hydrogen-bond acceptors (Lipinski definition) is 5. The first-order valence-corrected chi connectivity index (χ1v) is 8.95. The lowest BCUT2D eigenvalue weighted by Crippen LogP contribution is -2.41. The zero-order chi connectivity index (χ0) is 18.2. The number of anilines is 1. The van der Waals surface area contributed by atoms with Gasteiger partial charge < -0.3 is 10.2 Å². The van der Waals surface area contributed by atoms with E-state index in [4.69, 9.17) is 9.97 Å². The van der Waals surface area contributed by atoms with Crippen molar-refractivity contribution in [2.45, 2.75) is 46.0 Å². The molecule has 0 saturated carbocycles. The number of nitrogens with zero attached hydrogens (tertiary/aromatic N) is 5. The van der Waals surface area contributed by atoms with Crippen LogP contribution in [0, 0.1) is 5.92 Å². The van der Waals surface area contributed by atoms with Gasteiger partial charge in [-0.15, -0.1) is 0 Å². The van der Waals surface area contributed by atoms with Gasteiger partial charge >= 0.3 is 0 Å². The molecule has 25 heavy (non-hydrogen) atoms. The van der Waals surface area contributed by atoms with Crippen molar-refractivity contribution < 1.29 is 4.79 Å². The summed E-state index contributed by atoms with van der Waals surface area (Å²) in [6, 6.07) is 0. The number of amides is 1. The second-order valence-electron chi connectivity index (χ2n) is 8.02. The van der Waals surface area contributed by atoms with Crippen LogP contribution in [0.1, 0.15) is 46.4 Å². The molecule has 7 heteroatoms. The van der Waals surface area contributed by atoms with E-state index in [0.717, 1.165) is 55.2 Å². The van der Waals surface area contributed by atoms with E-state index >= 15 is 0 Å². The molecule has 1 amide bonds. The van der Waals surface area contributed by atoms with Crippen LogP contribution in [0.3, 0.4) is 0 Å². The van der Waals surface area contributed by atoms with Gasteiger partial charge in [0.25, 0.3) is 0 Å². The van der Waals surface area contributed by atoms with Gasteiger partial charge in [0, 0.05) is 39.0 Å². The third kappa shape index (κ3) is 3.75. The second kappa shape index (κ2) is 6.61. The third-order valence-electron chi connectivity index (χ3n) is 4.70. The standard InChI is InChI=1S/C18H28N6O/c1-12(25)19-9-13-7-6-8-24(11-13)16-14-10-20-23(5)15(14)21-17(22-16)18(2,3)4/h10,13H,6-9,11H2,1-5H3,(H,19,25)/t13-/m0/s1. The van der Waals surface area contributed by atoms with Crippen LogP contribution in [-0.4, -0.2) is 45.3 Å².